The zero-order valence-electron chi connectivity index (χ0n) is 11.9. The highest BCUT2D eigenvalue weighted by Crippen LogP contribution is 2.31. The number of likely N-dealkylation sites (N-methyl/N-ethyl adjacent to an activating group) is 1. The second-order valence-corrected chi connectivity index (χ2v) is 4.98. The first-order valence-electron chi connectivity index (χ1n) is 6.72. The van der Waals surface area contributed by atoms with Gasteiger partial charge < -0.3 is 10.0 Å². The summed E-state index contributed by atoms with van der Waals surface area (Å²) in [5.41, 5.74) is 4.85. The normalized spacial score (nSPS) is 13.6. The minimum atomic E-state index is 0. The third-order valence-corrected chi connectivity index (χ3v) is 3.56. The number of para-hydroxylation sites is 1. The molecule has 0 radical (unpaired) electrons. The summed E-state index contributed by atoms with van der Waals surface area (Å²) in [5, 5.41) is 9.29. The molecule has 21 heavy (non-hydrogen) atoms. The number of hydrogen-bond donors (Lipinski definition) is 1. The highest BCUT2D eigenvalue weighted by atomic mass is 127. The standard InChI is InChI=1S/C18H17NO.HI/c1-19-13-12-15(17-4-2-3-5-18(17)19)9-6-14-7-10-16(20)11-8-14;/h2-12,20H,13H2,1H3;1H. The first-order valence-corrected chi connectivity index (χ1v) is 6.72. The molecule has 3 heteroatoms. The van der Waals surface area contributed by atoms with Crippen LogP contribution in [0.4, 0.5) is 5.69 Å². The SMILES string of the molecule is CN1CC=C(C=Cc2ccc(O)cc2)c2ccccc21.I. The summed E-state index contributed by atoms with van der Waals surface area (Å²) < 4.78 is 0. The molecule has 0 spiro atoms. The van der Waals surface area contributed by atoms with E-state index in [1.54, 1.807) is 12.1 Å². The van der Waals surface area contributed by atoms with E-state index in [2.05, 4.69) is 54.4 Å². The maximum atomic E-state index is 9.29. The molecule has 0 amide bonds. The zero-order valence-corrected chi connectivity index (χ0v) is 14.2. The highest BCUT2D eigenvalue weighted by Gasteiger charge is 2.13. The zero-order chi connectivity index (χ0) is 13.9. The number of halogens is 1. The van der Waals surface area contributed by atoms with E-state index < -0.39 is 0 Å². The van der Waals surface area contributed by atoms with Crippen LogP contribution in [0.5, 0.6) is 5.75 Å². The van der Waals surface area contributed by atoms with Gasteiger partial charge in [-0.3, -0.25) is 0 Å². The minimum absolute atomic E-state index is 0. The van der Waals surface area contributed by atoms with Crippen molar-refractivity contribution >= 4 is 41.3 Å². The number of nitrogens with zero attached hydrogens (tertiary/aromatic N) is 1. The topological polar surface area (TPSA) is 23.5 Å². The van der Waals surface area contributed by atoms with Crippen molar-refractivity contribution in [2.75, 3.05) is 18.5 Å². The Morgan fingerprint density at radius 1 is 1.00 bits per heavy atom. The van der Waals surface area contributed by atoms with E-state index in [4.69, 9.17) is 0 Å². The Bertz CT molecular complexity index is 674. The summed E-state index contributed by atoms with van der Waals surface area (Å²) in [4.78, 5) is 2.24. The second-order valence-electron chi connectivity index (χ2n) is 4.98. The van der Waals surface area contributed by atoms with Gasteiger partial charge in [-0.25, -0.2) is 0 Å². The molecule has 1 heterocycles. The summed E-state index contributed by atoms with van der Waals surface area (Å²) in [5.74, 6) is 0.297. The molecule has 0 saturated heterocycles. The number of benzene rings is 2. The van der Waals surface area contributed by atoms with Crippen molar-refractivity contribution in [3.8, 4) is 5.75 Å². The van der Waals surface area contributed by atoms with E-state index in [1.807, 2.05) is 12.1 Å². The molecule has 0 bridgehead atoms. The number of phenols is 1. The summed E-state index contributed by atoms with van der Waals surface area (Å²) in [6.45, 7) is 0.923. The fourth-order valence-corrected chi connectivity index (χ4v) is 2.42. The molecule has 0 atom stereocenters. The summed E-state index contributed by atoms with van der Waals surface area (Å²) >= 11 is 0. The van der Waals surface area contributed by atoms with E-state index in [-0.39, 0.29) is 24.0 Å². The van der Waals surface area contributed by atoms with Gasteiger partial charge in [0.1, 0.15) is 5.75 Å². The van der Waals surface area contributed by atoms with Crippen molar-refractivity contribution in [1.29, 1.82) is 0 Å². The van der Waals surface area contributed by atoms with E-state index in [1.165, 1.54) is 16.8 Å². The van der Waals surface area contributed by atoms with Crippen molar-refractivity contribution in [3.05, 3.63) is 71.8 Å². The van der Waals surface area contributed by atoms with E-state index >= 15 is 0 Å². The smallest absolute Gasteiger partial charge is 0.115 e. The molecule has 2 aromatic carbocycles. The number of rotatable bonds is 2. The van der Waals surface area contributed by atoms with Crippen LogP contribution in [0, 0.1) is 0 Å². The van der Waals surface area contributed by atoms with Gasteiger partial charge in [-0.05, 0) is 29.3 Å². The maximum absolute atomic E-state index is 9.29. The van der Waals surface area contributed by atoms with Gasteiger partial charge in [0.2, 0.25) is 0 Å². The maximum Gasteiger partial charge on any atom is 0.115 e. The first kappa shape index (κ1) is 15.6. The predicted octanol–water partition coefficient (Wildman–Crippen LogP) is 4.56. The minimum Gasteiger partial charge on any atom is -0.508 e. The number of anilines is 1. The van der Waals surface area contributed by atoms with Gasteiger partial charge in [-0.1, -0.05) is 48.6 Å². The molecule has 0 saturated carbocycles. The molecule has 1 aliphatic rings. The highest BCUT2D eigenvalue weighted by molar-refractivity contribution is 14.0. The number of fused-ring (bicyclic) bond motifs is 1. The molecular weight excluding hydrogens is 373 g/mol. The van der Waals surface area contributed by atoms with Gasteiger partial charge in [-0.15, -0.1) is 24.0 Å². The van der Waals surface area contributed by atoms with Crippen LogP contribution in [-0.2, 0) is 0 Å². The van der Waals surface area contributed by atoms with Gasteiger partial charge in [0.15, 0.2) is 0 Å². The Balaban J connectivity index is 0.00000161. The third-order valence-electron chi connectivity index (χ3n) is 3.56. The molecular formula is C18H18INO. The Labute approximate surface area is 142 Å². The molecule has 2 aromatic rings. The van der Waals surface area contributed by atoms with Crippen LogP contribution in [0.15, 0.2) is 60.7 Å². The Morgan fingerprint density at radius 2 is 1.71 bits per heavy atom. The largest absolute Gasteiger partial charge is 0.508 e. The molecule has 1 N–H and O–H groups in total. The Kier molecular flexibility index (Phi) is 5.07. The lowest BCUT2D eigenvalue weighted by molar-refractivity contribution is 0.475. The van der Waals surface area contributed by atoms with Crippen molar-refractivity contribution in [3.63, 3.8) is 0 Å². The average Bonchev–Trinajstić information content (AvgIpc) is 2.49. The first-order chi connectivity index (χ1) is 9.74. The van der Waals surface area contributed by atoms with Crippen molar-refractivity contribution in [1.82, 2.24) is 0 Å². The van der Waals surface area contributed by atoms with Crippen molar-refractivity contribution < 1.29 is 5.11 Å². The monoisotopic (exact) mass is 391 g/mol. The summed E-state index contributed by atoms with van der Waals surface area (Å²) in [6.07, 6.45) is 6.45. The Morgan fingerprint density at radius 3 is 2.48 bits per heavy atom. The number of allylic oxidation sites excluding steroid dienone is 2. The average molecular weight is 391 g/mol. The number of phenolic OH excluding ortho intramolecular Hbond substituents is 1. The molecule has 0 aromatic heterocycles. The number of hydrogen-bond acceptors (Lipinski definition) is 2. The van der Waals surface area contributed by atoms with Crippen LogP contribution in [0.1, 0.15) is 11.1 Å². The molecule has 0 unspecified atom stereocenters. The molecule has 0 fully saturated rings. The molecule has 1 aliphatic heterocycles. The van der Waals surface area contributed by atoms with Crippen molar-refractivity contribution in [2.45, 2.75) is 0 Å². The predicted molar refractivity (Wildman–Crippen MR) is 100 cm³/mol. The van der Waals surface area contributed by atoms with Crippen LogP contribution in [-0.4, -0.2) is 18.7 Å². The van der Waals surface area contributed by atoms with Crippen molar-refractivity contribution in [2.24, 2.45) is 0 Å². The van der Waals surface area contributed by atoms with E-state index in [0.29, 0.717) is 5.75 Å². The number of aromatic hydroxyl groups is 1. The molecule has 108 valence electrons. The van der Waals surface area contributed by atoms with Gasteiger partial charge >= 0.3 is 0 Å². The lowest BCUT2D eigenvalue weighted by atomic mass is 9.98. The van der Waals surface area contributed by atoms with Crippen LogP contribution in [0.25, 0.3) is 11.6 Å². The van der Waals surface area contributed by atoms with Crippen LogP contribution >= 0.6 is 24.0 Å². The van der Waals surface area contributed by atoms with Gasteiger partial charge in [0.05, 0.1) is 0 Å². The molecule has 0 aliphatic carbocycles. The lowest BCUT2D eigenvalue weighted by Crippen LogP contribution is -2.21. The second kappa shape index (κ2) is 6.80. The molecule has 3 rings (SSSR count). The quantitative estimate of drug-likeness (QED) is 0.759. The third kappa shape index (κ3) is 3.47. The van der Waals surface area contributed by atoms with Gasteiger partial charge in [0.25, 0.3) is 0 Å². The van der Waals surface area contributed by atoms with Gasteiger partial charge in [0, 0.05) is 24.8 Å². The van der Waals surface area contributed by atoms with Crippen LogP contribution in [0.3, 0.4) is 0 Å². The fourth-order valence-electron chi connectivity index (χ4n) is 2.42. The van der Waals surface area contributed by atoms with Gasteiger partial charge in [-0.2, -0.15) is 0 Å². The summed E-state index contributed by atoms with van der Waals surface area (Å²) in [7, 11) is 2.11. The van der Waals surface area contributed by atoms with Crippen LogP contribution in [0.2, 0.25) is 0 Å². The van der Waals surface area contributed by atoms with E-state index in [9.17, 15) is 5.11 Å². The fraction of sp³-hybridized carbons (Fsp3) is 0.111. The molecule has 2 nitrogen and oxygen atoms in total. The Hall–Kier alpha value is -1.75. The van der Waals surface area contributed by atoms with E-state index in [0.717, 1.165) is 12.1 Å². The lowest BCUT2D eigenvalue weighted by Gasteiger charge is -2.26. The van der Waals surface area contributed by atoms with Crippen LogP contribution < -0.4 is 4.90 Å². The summed E-state index contributed by atoms with van der Waals surface area (Å²) in [6, 6.07) is 15.7.